The van der Waals surface area contributed by atoms with Crippen LogP contribution in [0.2, 0.25) is 0 Å². The van der Waals surface area contributed by atoms with Crippen LogP contribution in [0.4, 0.5) is 4.39 Å². The van der Waals surface area contributed by atoms with Crippen LogP contribution in [0, 0.1) is 5.82 Å². The van der Waals surface area contributed by atoms with Crippen molar-refractivity contribution in [3.05, 3.63) is 71.0 Å². The third-order valence-electron chi connectivity index (χ3n) is 3.47. The van der Waals surface area contributed by atoms with Gasteiger partial charge in [0.25, 0.3) is 5.56 Å². The van der Waals surface area contributed by atoms with Gasteiger partial charge in [0.05, 0.1) is 17.2 Å². The van der Waals surface area contributed by atoms with Crippen molar-refractivity contribution in [3.63, 3.8) is 0 Å². The summed E-state index contributed by atoms with van der Waals surface area (Å²) in [7, 11) is 0. The Morgan fingerprint density at radius 3 is 2.76 bits per heavy atom. The fraction of sp³-hybridized carbons (Fsp3) is 0.167. The van der Waals surface area contributed by atoms with Gasteiger partial charge in [-0.25, -0.2) is 9.37 Å². The molecule has 0 aliphatic carbocycles. The Labute approximate surface area is 147 Å². The molecule has 3 aromatic rings. The molecule has 0 fully saturated rings. The molecule has 0 amide bonds. The number of fused-ring (bicyclic) bond motifs is 1. The maximum atomic E-state index is 13.5. The summed E-state index contributed by atoms with van der Waals surface area (Å²) in [5.41, 5.74) is 0.293. The molecule has 1 heterocycles. The Bertz CT molecular complexity index is 958. The number of carbonyl (C=O) groups is 1. The van der Waals surface area contributed by atoms with E-state index in [1.54, 1.807) is 42.5 Å². The Morgan fingerprint density at radius 1 is 1.16 bits per heavy atom. The highest BCUT2D eigenvalue weighted by atomic mass is 32.2. The predicted molar refractivity (Wildman–Crippen MR) is 94.1 cm³/mol. The number of ether oxygens (including phenoxy) is 1. The van der Waals surface area contributed by atoms with Crippen molar-refractivity contribution >= 4 is 28.6 Å². The molecular formula is C18H15FN2O3S. The first kappa shape index (κ1) is 17.2. The van der Waals surface area contributed by atoms with Crippen molar-refractivity contribution < 1.29 is 13.9 Å². The number of hydrogen-bond donors (Lipinski definition) is 0. The molecule has 25 heavy (non-hydrogen) atoms. The van der Waals surface area contributed by atoms with Gasteiger partial charge in [0.15, 0.2) is 0 Å². The molecular weight excluding hydrogens is 343 g/mol. The van der Waals surface area contributed by atoms with Crippen molar-refractivity contribution in [2.24, 2.45) is 0 Å². The van der Waals surface area contributed by atoms with Crippen molar-refractivity contribution in [2.45, 2.75) is 11.4 Å². The first-order valence-corrected chi connectivity index (χ1v) is 8.61. The van der Waals surface area contributed by atoms with Crippen LogP contribution in [0.15, 0.2) is 64.5 Å². The lowest BCUT2D eigenvalue weighted by Gasteiger charge is -2.08. The first-order chi connectivity index (χ1) is 12.1. The standard InChI is InChI=1S/C18H15FN2O3S/c19-14-6-2-4-8-16(14)25-10-9-24-17(22)11-21-12-20-15-7-3-1-5-13(15)18(21)23/h1-8,12H,9-11H2. The smallest absolute Gasteiger partial charge is 0.326 e. The van der Waals surface area contributed by atoms with E-state index >= 15 is 0 Å². The largest absolute Gasteiger partial charge is 0.463 e. The van der Waals surface area contributed by atoms with Gasteiger partial charge in [-0.2, -0.15) is 0 Å². The van der Waals surface area contributed by atoms with E-state index in [1.165, 1.54) is 28.7 Å². The van der Waals surface area contributed by atoms with Crippen LogP contribution in [0.5, 0.6) is 0 Å². The summed E-state index contributed by atoms with van der Waals surface area (Å²) < 4.78 is 19.8. The fourth-order valence-corrected chi connectivity index (χ4v) is 3.04. The molecule has 2 aromatic carbocycles. The van der Waals surface area contributed by atoms with Gasteiger partial charge in [0.1, 0.15) is 19.0 Å². The van der Waals surface area contributed by atoms with Gasteiger partial charge in [-0.1, -0.05) is 24.3 Å². The Hall–Kier alpha value is -2.67. The molecule has 1 aromatic heterocycles. The summed E-state index contributed by atoms with van der Waals surface area (Å²) in [5.74, 6) is -0.404. The third-order valence-corrected chi connectivity index (χ3v) is 4.48. The molecule has 7 heteroatoms. The van der Waals surface area contributed by atoms with Crippen LogP contribution in [-0.2, 0) is 16.1 Å². The number of esters is 1. The quantitative estimate of drug-likeness (QED) is 0.385. The van der Waals surface area contributed by atoms with E-state index < -0.39 is 5.97 Å². The van der Waals surface area contributed by atoms with Gasteiger partial charge in [-0.3, -0.25) is 14.2 Å². The lowest BCUT2D eigenvalue weighted by molar-refractivity contribution is -0.143. The Kier molecular flexibility index (Phi) is 5.45. The van der Waals surface area contributed by atoms with Gasteiger partial charge in [-0.15, -0.1) is 11.8 Å². The molecule has 128 valence electrons. The zero-order valence-corrected chi connectivity index (χ0v) is 14.0. The summed E-state index contributed by atoms with van der Waals surface area (Å²) in [6.45, 7) is -0.0748. The second kappa shape index (κ2) is 7.94. The van der Waals surface area contributed by atoms with Crippen molar-refractivity contribution in [1.29, 1.82) is 0 Å². The van der Waals surface area contributed by atoms with Crippen molar-refractivity contribution in [3.8, 4) is 0 Å². The number of para-hydroxylation sites is 1. The second-order valence-electron chi connectivity index (χ2n) is 5.19. The van der Waals surface area contributed by atoms with E-state index in [0.29, 0.717) is 21.6 Å². The lowest BCUT2D eigenvalue weighted by atomic mass is 10.2. The number of thioether (sulfide) groups is 1. The van der Waals surface area contributed by atoms with Crippen LogP contribution >= 0.6 is 11.8 Å². The molecule has 0 aliphatic rings. The molecule has 0 radical (unpaired) electrons. The minimum Gasteiger partial charge on any atom is -0.463 e. The number of halogens is 1. The van der Waals surface area contributed by atoms with Gasteiger partial charge < -0.3 is 4.74 Å². The number of nitrogens with zero attached hydrogens (tertiary/aromatic N) is 2. The van der Waals surface area contributed by atoms with E-state index in [4.69, 9.17) is 4.74 Å². The first-order valence-electron chi connectivity index (χ1n) is 7.62. The summed E-state index contributed by atoms with van der Waals surface area (Å²) in [4.78, 5) is 28.8. The highest BCUT2D eigenvalue weighted by Gasteiger charge is 2.09. The molecule has 3 rings (SSSR count). The molecule has 0 saturated heterocycles. The lowest BCUT2D eigenvalue weighted by Crippen LogP contribution is -2.26. The zero-order chi connectivity index (χ0) is 17.6. The number of rotatable bonds is 6. The Balaban J connectivity index is 1.54. The summed E-state index contributed by atoms with van der Waals surface area (Å²) in [5, 5.41) is 0.452. The average Bonchev–Trinajstić information content (AvgIpc) is 2.63. The zero-order valence-electron chi connectivity index (χ0n) is 13.2. The normalized spacial score (nSPS) is 10.8. The number of benzene rings is 2. The summed E-state index contributed by atoms with van der Waals surface area (Å²) >= 11 is 1.27. The van der Waals surface area contributed by atoms with Crippen LogP contribution in [0.3, 0.4) is 0 Å². The van der Waals surface area contributed by atoms with Crippen LogP contribution in [0.1, 0.15) is 0 Å². The predicted octanol–water partition coefficient (Wildman–Crippen LogP) is 2.87. The molecule has 0 saturated carbocycles. The number of carbonyl (C=O) groups excluding carboxylic acids is 1. The SMILES string of the molecule is O=C(Cn1cnc2ccccc2c1=O)OCCSc1ccccc1F. The summed E-state index contributed by atoms with van der Waals surface area (Å²) in [6, 6.07) is 13.4. The van der Waals surface area contributed by atoms with E-state index in [-0.39, 0.29) is 24.5 Å². The second-order valence-corrected chi connectivity index (χ2v) is 6.33. The van der Waals surface area contributed by atoms with Crippen LogP contribution in [0.25, 0.3) is 10.9 Å². The van der Waals surface area contributed by atoms with E-state index in [1.807, 2.05) is 0 Å². The highest BCUT2D eigenvalue weighted by molar-refractivity contribution is 7.99. The maximum Gasteiger partial charge on any atom is 0.326 e. The molecule has 0 atom stereocenters. The number of hydrogen-bond acceptors (Lipinski definition) is 5. The third kappa shape index (κ3) is 4.24. The molecule has 0 spiro atoms. The van der Waals surface area contributed by atoms with Gasteiger partial charge in [-0.05, 0) is 24.3 Å². The van der Waals surface area contributed by atoms with Crippen LogP contribution < -0.4 is 5.56 Å². The van der Waals surface area contributed by atoms with E-state index in [0.717, 1.165) is 0 Å². The van der Waals surface area contributed by atoms with Crippen LogP contribution in [-0.4, -0.2) is 27.9 Å². The fourth-order valence-electron chi connectivity index (χ4n) is 2.27. The monoisotopic (exact) mass is 358 g/mol. The number of aromatic nitrogens is 2. The Morgan fingerprint density at radius 2 is 1.92 bits per heavy atom. The van der Waals surface area contributed by atoms with Gasteiger partial charge in [0.2, 0.25) is 0 Å². The molecule has 0 bridgehead atoms. The van der Waals surface area contributed by atoms with Crippen molar-refractivity contribution in [2.75, 3.05) is 12.4 Å². The highest BCUT2D eigenvalue weighted by Crippen LogP contribution is 2.20. The summed E-state index contributed by atoms with van der Waals surface area (Å²) in [6.07, 6.45) is 1.33. The topological polar surface area (TPSA) is 61.2 Å². The van der Waals surface area contributed by atoms with E-state index in [2.05, 4.69) is 4.98 Å². The van der Waals surface area contributed by atoms with Gasteiger partial charge >= 0.3 is 5.97 Å². The minimum absolute atomic E-state index is 0.133. The van der Waals surface area contributed by atoms with Crippen molar-refractivity contribution in [1.82, 2.24) is 9.55 Å². The molecule has 0 aliphatic heterocycles. The molecule has 0 N–H and O–H groups in total. The molecule has 0 unspecified atom stereocenters. The maximum absolute atomic E-state index is 13.5. The average molecular weight is 358 g/mol. The molecule has 5 nitrogen and oxygen atoms in total. The van der Waals surface area contributed by atoms with Gasteiger partial charge in [0, 0.05) is 10.6 Å². The minimum atomic E-state index is -0.534. The van der Waals surface area contributed by atoms with E-state index in [9.17, 15) is 14.0 Å².